The number of carbonyl (C=O) groups excluding carboxylic acids is 2. The highest BCUT2D eigenvalue weighted by Gasteiger charge is 2.44. The van der Waals surface area contributed by atoms with E-state index in [0.29, 0.717) is 6.42 Å². The lowest BCUT2D eigenvalue weighted by molar-refractivity contribution is -0.305. The molecule has 0 aromatic heterocycles. The van der Waals surface area contributed by atoms with Crippen LogP contribution >= 0.6 is 0 Å². The van der Waals surface area contributed by atoms with Crippen molar-refractivity contribution in [1.82, 2.24) is 0 Å². The molecule has 1 saturated heterocycles. The molecule has 1 rings (SSSR count). The second-order valence-electron chi connectivity index (χ2n) is 15.5. The number of esters is 2. The smallest absolute Gasteiger partial charge is 0.306 e. The molecule has 1 heterocycles. The monoisotopic (exact) mass is 771 g/mol. The highest BCUT2D eigenvalue weighted by molar-refractivity contribution is 5.70. The van der Waals surface area contributed by atoms with E-state index in [2.05, 4.69) is 26.0 Å². The van der Waals surface area contributed by atoms with Crippen molar-refractivity contribution in [3.8, 4) is 0 Å². The van der Waals surface area contributed by atoms with Gasteiger partial charge in [0.2, 0.25) is 0 Å². The molecule has 0 radical (unpaired) electrons. The quantitative estimate of drug-likeness (QED) is 0.0273. The Balaban J connectivity index is 2.25. The zero-order chi connectivity index (χ0) is 39.5. The van der Waals surface area contributed by atoms with Crippen LogP contribution in [-0.4, -0.2) is 89.0 Å². The minimum atomic E-state index is -1.59. The molecule has 2 unspecified atom stereocenters. The summed E-state index contributed by atoms with van der Waals surface area (Å²) in [6, 6.07) is 0. The predicted octanol–water partition coefficient (Wildman–Crippen LogP) is 9.17. The Labute approximate surface area is 329 Å². The van der Waals surface area contributed by atoms with E-state index in [1.165, 1.54) is 128 Å². The van der Waals surface area contributed by atoms with Crippen LogP contribution in [0.2, 0.25) is 0 Å². The van der Waals surface area contributed by atoms with E-state index in [-0.39, 0.29) is 32.0 Å². The van der Waals surface area contributed by atoms with Gasteiger partial charge in [-0.3, -0.25) is 9.59 Å². The van der Waals surface area contributed by atoms with Gasteiger partial charge in [0.25, 0.3) is 0 Å². The molecule has 0 saturated carbocycles. The van der Waals surface area contributed by atoms with Gasteiger partial charge < -0.3 is 39.4 Å². The lowest BCUT2D eigenvalue weighted by Crippen LogP contribution is -2.59. The largest absolute Gasteiger partial charge is 0.462 e. The van der Waals surface area contributed by atoms with Crippen LogP contribution in [0.4, 0.5) is 0 Å². The molecular formula is C44H82O10. The predicted molar refractivity (Wildman–Crippen MR) is 215 cm³/mol. The Morgan fingerprint density at radius 3 is 1.44 bits per heavy atom. The van der Waals surface area contributed by atoms with Gasteiger partial charge in [0.1, 0.15) is 31.0 Å². The van der Waals surface area contributed by atoms with E-state index < -0.39 is 49.4 Å². The van der Waals surface area contributed by atoms with Gasteiger partial charge in [0.05, 0.1) is 13.2 Å². The third-order valence-corrected chi connectivity index (χ3v) is 10.4. The van der Waals surface area contributed by atoms with Crippen LogP contribution in [0.3, 0.4) is 0 Å². The zero-order valence-corrected chi connectivity index (χ0v) is 34.5. The van der Waals surface area contributed by atoms with Crippen molar-refractivity contribution in [2.75, 3.05) is 19.8 Å². The van der Waals surface area contributed by atoms with Crippen LogP contribution in [0.5, 0.6) is 0 Å². The second kappa shape index (κ2) is 35.8. The average molecular weight is 771 g/mol. The standard InChI is InChI=1S/C44H82O10/c1-3-5-7-9-11-13-14-15-16-17-18-19-20-21-22-23-24-25-27-29-31-33-40(47)53-37(35-51-39(46)32-30-28-26-12-10-8-6-4-2)36-52-44-43(50)42(49)41(48)38(34-45)54-44/h15-16,37-38,41-45,48-50H,3-14,17-36H2,1-2H3/b16-15+/t37-,38-,41+,42?,43?,44-/m1/s1. The fourth-order valence-corrected chi connectivity index (χ4v) is 6.83. The van der Waals surface area contributed by atoms with Gasteiger partial charge in [-0.25, -0.2) is 0 Å². The van der Waals surface area contributed by atoms with E-state index in [4.69, 9.17) is 18.9 Å². The number of ether oxygens (including phenoxy) is 4. The van der Waals surface area contributed by atoms with Crippen LogP contribution in [0.1, 0.15) is 200 Å². The van der Waals surface area contributed by atoms with Gasteiger partial charge in [-0.2, -0.15) is 0 Å². The molecule has 54 heavy (non-hydrogen) atoms. The number of carbonyl (C=O) groups is 2. The fourth-order valence-electron chi connectivity index (χ4n) is 6.83. The molecule has 6 atom stereocenters. The zero-order valence-electron chi connectivity index (χ0n) is 34.5. The molecule has 0 aromatic rings. The number of unbranched alkanes of at least 4 members (excludes halogenated alkanes) is 24. The first-order valence-corrected chi connectivity index (χ1v) is 22.3. The summed E-state index contributed by atoms with van der Waals surface area (Å²) < 4.78 is 22.1. The van der Waals surface area contributed by atoms with E-state index in [1.54, 1.807) is 0 Å². The number of rotatable bonds is 37. The van der Waals surface area contributed by atoms with Crippen molar-refractivity contribution in [3.63, 3.8) is 0 Å². The minimum absolute atomic E-state index is 0.213. The van der Waals surface area contributed by atoms with Gasteiger partial charge in [-0.15, -0.1) is 0 Å². The third-order valence-electron chi connectivity index (χ3n) is 10.4. The first-order chi connectivity index (χ1) is 26.3. The molecule has 10 heteroatoms. The number of aliphatic hydroxyl groups excluding tert-OH is 4. The van der Waals surface area contributed by atoms with Crippen molar-refractivity contribution in [1.29, 1.82) is 0 Å². The van der Waals surface area contributed by atoms with Crippen LogP contribution in [0, 0.1) is 0 Å². The maximum Gasteiger partial charge on any atom is 0.306 e. The number of allylic oxidation sites excluding steroid dienone is 2. The van der Waals surface area contributed by atoms with E-state index >= 15 is 0 Å². The fraction of sp³-hybridized carbons (Fsp3) is 0.909. The summed E-state index contributed by atoms with van der Waals surface area (Å²) >= 11 is 0. The molecule has 0 bridgehead atoms. The van der Waals surface area contributed by atoms with E-state index in [9.17, 15) is 30.0 Å². The maximum atomic E-state index is 12.7. The van der Waals surface area contributed by atoms with Crippen molar-refractivity contribution in [3.05, 3.63) is 12.2 Å². The molecule has 0 aliphatic carbocycles. The Hall–Kier alpha value is -1.56. The molecule has 1 fully saturated rings. The van der Waals surface area contributed by atoms with Gasteiger partial charge in [0, 0.05) is 12.8 Å². The number of aliphatic hydroxyl groups is 4. The number of hydrogen-bond acceptors (Lipinski definition) is 10. The highest BCUT2D eigenvalue weighted by Crippen LogP contribution is 2.23. The Bertz CT molecular complexity index is 897. The van der Waals surface area contributed by atoms with Gasteiger partial charge in [-0.05, 0) is 38.5 Å². The molecule has 1 aliphatic heterocycles. The summed E-state index contributed by atoms with van der Waals surface area (Å²) in [5.74, 6) is -0.804. The van der Waals surface area contributed by atoms with Crippen molar-refractivity contribution < 1.29 is 49.0 Å². The Kier molecular flexibility index (Phi) is 33.5. The van der Waals surface area contributed by atoms with Crippen LogP contribution in [0.15, 0.2) is 12.2 Å². The summed E-state index contributed by atoms with van der Waals surface area (Å²) in [7, 11) is 0. The van der Waals surface area contributed by atoms with E-state index in [1.807, 2.05) is 0 Å². The Morgan fingerprint density at radius 1 is 0.556 bits per heavy atom. The van der Waals surface area contributed by atoms with Crippen LogP contribution < -0.4 is 0 Å². The Morgan fingerprint density at radius 2 is 0.981 bits per heavy atom. The van der Waals surface area contributed by atoms with Crippen LogP contribution in [0.25, 0.3) is 0 Å². The van der Waals surface area contributed by atoms with Gasteiger partial charge in [-0.1, -0.05) is 161 Å². The molecule has 0 spiro atoms. The second-order valence-corrected chi connectivity index (χ2v) is 15.5. The maximum absolute atomic E-state index is 12.7. The third kappa shape index (κ3) is 27.1. The summed E-state index contributed by atoms with van der Waals surface area (Å²) in [4.78, 5) is 25.2. The van der Waals surface area contributed by atoms with E-state index in [0.717, 1.165) is 38.5 Å². The molecular weight excluding hydrogens is 688 g/mol. The van der Waals surface area contributed by atoms with Crippen molar-refractivity contribution in [2.45, 2.75) is 237 Å². The number of hydrogen-bond donors (Lipinski definition) is 4. The molecule has 0 amide bonds. The lowest BCUT2D eigenvalue weighted by Gasteiger charge is -2.39. The van der Waals surface area contributed by atoms with Crippen molar-refractivity contribution in [2.24, 2.45) is 0 Å². The summed E-state index contributed by atoms with van der Waals surface area (Å²) in [6.07, 6.45) is 29.5. The molecule has 0 aromatic carbocycles. The highest BCUT2D eigenvalue weighted by atomic mass is 16.7. The topological polar surface area (TPSA) is 152 Å². The molecule has 10 nitrogen and oxygen atoms in total. The first-order valence-electron chi connectivity index (χ1n) is 22.3. The summed E-state index contributed by atoms with van der Waals surface area (Å²) in [5, 5.41) is 40.0. The molecule has 1 aliphatic rings. The summed E-state index contributed by atoms with van der Waals surface area (Å²) in [6.45, 7) is 3.39. The van der Waals surface area contributed by atoms with Gasteiger partial charge >= 0.3 is 11.9 Å². The average Bonchev–Trinajstić information content (AvgIpc) is 3.17. The molecule has 4 N–H and O–H groups in total. The molecule has 318 valence electrons. The van der Waals surface area contributed by atoms with Gasteiger partial charge in [0.15, 0.2) is 12.4 Å². The van der Waals surface area contributed by atoms with Crippen molar-refractivity contribution >= 4 is 11.9 Å². The SMILES string of the molecule is CCCCCCCC/C=C/CCCCCCCCCCCCCC(=O)O[C@H](COC(=O)CCCCCCCCCC)CO[C@@H]1O[C@H](CO)[C@H](O)C(O)C1O. The lowest BCUT2D eigenvalue weighted by atomic mass is 9.99. The van der Waals surface area contributed by atoms with Crippen LogP contribution in [-0.2, 0) is 28.5 Å². The summed E-state index contributed by atoms with van der Waals surface area (Å²) in [5.41, 5.74) is 0. The minimum Gasteiger partial charge on any atom is -0.462 e. The first kappa shape index (κ1) is 50.5. The normalized spacial score (nSPS) is 20.7.